The first kappa shape index (κ1) is 15.0. The molecule has 0 atom stereocenters. The Hall–Kier alpha value is -2.95. The number of nitrogens with zero attached hydrogens (tertiary/aromatic N) is 2. The highest BCUT2D eigenvalue weighted by atomic mass is 16.4. The minimum atomic E-state index is -0.918. The van der Waals surface area contributed by atoms with Crippen LogP contribution in [0.2, 0.25) is 0 Å². The van der Waals surface area contributed by atoms with Gasteiger partial charge in [-0.1, -0.05) is 25.1 Å². The van der Waals surface area contributed by atoms with Crippen LogP contribution in [0.15, 0.2) is 46.9 Å². The van der Waals surface area contributed by atoms with Crippen molar-refractivity contribution in [3.05, 3.63) is 59.5 Å². The third kappa shape index (κ3) is 2.99. The van der Waals surface area contributed by atoms with Gasteiger partial charge in [-0.25, -0.2) is 4.79 Å². The Morgan fingerprint density at radius 3 is 2.35 bits per heavy atom. The Kier molecular flexibility index (Phi) is 3.93. The lowest BCUT2D eigenvalue weighted by Gasteiger charge is -2.07. The average molecular weight is 308 g/mol. The monoisotopic (exact) mass is 308 g/mol. The van der Waals surface area contributed by atoms with Crippen molar-refractivity contribution in [3.63, 3.8) is 0 Å². The standard InChI is InChI=1S/C18H16N2O3/c1-3-16-19-20-17(23-16)13-6-4-12(5-7-13)15-9-8-14(18(21)22)10-11(15)2/h4-10H,3H2,1-2H3,(H,21,22). The smallest absolute Gasteiger partial charge is 0.335 e. The van der Waals surface area contributed by atoms with Crippen LogP contribution in [0.3, 0.4) is 0 Å². The fourth-order valence-electron chi connectivity index (χ4n) is 2.43. The fraction of sp³-hybridized carbons (Fsp3) is 0.167. The molecule has 5 heteroatoms. The molecule has 0 radical (unpaired) electrons. The van der Waals surface area contributed by atoms with E-state index in [1.807, 2.05) is 44.2 Å². The van der Waals surface area contributed by atoms with Crippen LogP contribution in [0.5, 0.6) is 0 Å². The van der Waals surface area contributed by atoms with Crippen molar-refractivity contribution in [1.82, 2.24) is 10.2 Å². The summed E-state index contributed by atoms with van der Waals surface area (Å²) >= 11 is 0. The molecule has 0 fully saturated rings. The summed E-state index contributed by atoms with van der Waals surface area (Å²) in [4.78, 5) is 11.0. The second-order valence-electron chi connectivity index (χ2n) is 5.27. The Morgan fingerprint density at radius 2 is 1.78 bits per heavy atom. The van der Waals surface area contributed by atoms with Crippen LogP contribution in [0.4, 0.5) is 0 Å². The SMILES string of the molecule is CCc1nnc(-c2ccc(-c3ccc(C(=O)O)cc3C)cc2)o1. The molecule has 5 nitrogen and oxygen atoms in total. The van der Waals surface area contributed by atoms with Gasteiger partial charge in [-0.15, -0.1) is 10.2 Å². The summed E-state index contributed by atoms with van der Waals surface area (Å²) in [6.07, 6.45) is 0.709. The first-order chi connectivity index (χ1) is 11.1. The molecule has 0 spiro atoms. The van der Waals surface area contributed by atoms with Gasteiger partial charge in [-0.3, -0.25) is 0 Å². The van der Waals surface area contributed by atoms with Crippen molar-refractivity contribution in [2.24, 2.45) is 0 Å². The van der Waals surface area contributed by atoms with Gasteiger partial charge in [0.15, 0.2) is 0 Å². The summed E-state index contributed by atoms with van der Waals surface area (Å²) in [5.41, 5.74) is 4.09. The topological polar surface area (TPSA) is 76.2 Å². The summed E-state index contributed by atoms with van der Waals surface area (Å²) in [5, 5.41) is 17.0. The Balaban J connectivity index is 1.91. The summed E-state index contributed by atoms with van der Waals surface area (Å²) < 4.78 is 5.54. The molecule has 0 aliphatic heterocycles. The number of benzene rings is 2. The molecular weight excluding hydrogens is 292 g/mol. The molecule has 3 aromatic rings. The highest BCUT2D eigenvalue weighted by molar-refractivity contribution is 5.89. The Labute approximate surface area is 133 Å². The number of carboxylic acids is 1. The van der Waals surface area contributed by atoms with Gasteiger partial charge in [0.05, 0.1) is 5.56 Å². The van der Waals surface area contributed by atoms with Gasteiger partial charge in [0, 0.05) is 12.0 Å². The number of carbonyl (C=O) groups is 1. The van der Waals surface area contributed by atoms with Crippen LogP contribution in [0, 0.1) is 6.92 Å². The zero-order valence-electron chi connectivity index (χ0n) is 12.9. The second kappa shape index (κ2) is 6.04. The maximum Gasteiger partial charge on any atom is 0.335 e. The second-order valence-corrected chi connectivity index (χ2v) is 5.27. The molecule has 0 bridgehead atoms. The molecule has 0 saturated heterocycles. The summed E-state index contributed by atoms with van der Waals surface area (Å²) in [5.74, 6) is 0.202. The van der Waals surface area contributed by atoms with E-state index >= 15 is 0 Å². The van der Waals surface area contributed by atoms with Crippen LogP contribution in [0.25, 0.3) is 22.6 Å². The number of rotatable bonds is 4. The van der Waals surface area contributed by atoms with E-state index in [9.17, 15) is 4.79 Å². The minimum absolute atomic E-state index is 0.292. The van der Waals surface area contributed by atoms with Crippen LogP contribution >= 0.6 is 0 Å². The van der Waals surface area contributed by atoms with Gasteiger partial charge in [-0.2, -0.15) is 0 Å². The van der Waals surface area contributed by atoms with E-state index in [1.165, 1.54) is 0 Å². The van der Waals surface area contributed by atoms with E-state index in [2.05, 4.69) is 10.2 Å². The van der Waals surface area contributed by atoms with E-state index in [4.69, 9.17) is 9.52 Å². The summed E-state index contributed by atoms with van der Waals surface area (Å²) in [6.45, 7) is 3.87. The molecule has 23 heavy (non-hydrogen) atoms. The molecule has 0 aliphatic rings. The van der Waals surface area contributed by atoms with Crippen LogP contribution in [0.1, 0.15) is 28.7 Å². The van der Waals surface area contributed by atoms with E-state index in [-0.39, 0.29) is 0 Å². The maximum absolute atomic E-state index is 11.0. The molecule has 0 amide bonds. The van der Waals surface area contributed by atoms with Gasteiger partial charge < -0.3 is 9.52 Å². The van der Waals surface area contributed by atoms with Gasteiger partial charge in [0.25, 0.3) is 0 Å². The quantitative estimate of drug-likeness (QED) is 0.789. The molecule has 0 unspecified atom stereocenters. The molecule has 0 saturated carbocycles. The first-order valence-electron chi connectivity index (χ1n) is 7.35. The van der Waals surface area contributed by atoms with Crippen molar-refractivity contribution in [2.75, 3.05) is 0 Å². The predicted octanol–water partition coefficient (Wildman–Crippen LogP) is 3.97. The highest BCUT2D eigenvalue weighted by Crippen LogP contribution is 2.27. The van der Waals surface area contributed by atoms with Crippen molar-refractivity contribution < 1.29 is 14.3 Å². The van der Waals surface area contributed by atoms with Gasteiger partial charge in [0.1, 0.15) is 0 Å². The average Bonchev–Trinajstić information content (AvgIpc) is 3.04. The number of aromatic nitrogens is 2. The summed E-state index contributed by atoms with van der Waals surface area (Å²) in [6, 6.07) is 12.9. The Bertz CT molecular complexity index is 851. The van der Waals surface area contributed by atoms with Gasteiger partial charge in [0.2, 0.25) is 11.8 Å². The first-order valence-corrected chi connectivity index (χ1v) is 7.35. The molecule has 3 rings (SSSR count). The molecule has 2 aromatic carbocycles. The van der Waals surface area contributed by atoms with Crippen molar-refractivity contribution in [2.45, 2.75) is 20.3 Å². The lowest BCUT2D eigenvalue weighted by Crippen LogP contribution is -1.97. The number of carboxylic acid groups (broad SMARTS) is 1. The molecule has 1 aromatic heterocycles. The largest absolute Gasteiger partial charge is 0.478 e. The predicted molar refractivity (Wildman–Crippen MR) is 86.2 cm³/mol. The molecule has 1 heterocycles. The van der Waals surface area contributed by atoms with E-state index in [0.29, 0.717) is 23.8 Å². The third-order valence-electron chi connectivity index (χ3n) is 3.69. The van der Waals surface area contributed by atoms with E-state index in [0.717, 1.165) is 22.3 Å². The van der Waals surface area contributed by atoms with E-state index in [1.54, 1.807) is 12.1 Å². The van der Waals surface area contributed by atoms with Crippen molar-refractivity contribution in [1.29, 1.82) is 0 Å². The molecule has 0 aliphatic carbocycles. The lowest BCUT2D eigenvalue weighted by molar-refractivity contribution is 0.0697. The molecule has 1 N–H and O–H groups in total. The highest BCUT2D eigenvalue weighted by Gasteiger charge is 2.10. The van der Waals surface area contributed by atoms with Crippen molar-refractivity contribution >= 4 is 5.97 Å². The van der Waals surface area contributed by atoms with Gasteiger partial charge in [-0.05, 0) is 47.9 Å². The number of hydrogen-bond acceptors (Lipinski definition) is 4. The van der Waals surface area contributed by atoms with E-state index < -0.39 is 5.97 Å². The zero-order chi connectivity index (χ0) is 16.4. The lowest BCUT2D eigenvalue weighted by atomic mass is 9.97. The Morgan fingerprint density at radius 1 is 1.09 bits per heavy atom. The summed E-state index contributed by atoms with van der Waals surface area (Å²) in [7, 11) is 0. The normalized spacial score (nSPS) is 10.7. The zero-order valence-corrected chi connectivity index (χ0v) is 12.9. The third-order valence-corrected chi connectivity index (χ3v) is 3.69. The van der Waals surface area contributed by atoms with Crippen LogP contribution in [-0.4, -0.2) is 21.3 Å². The number of aryl methyl sites for hydroxylation is 2. The van der Waals surface area contributed by atoms with Gasteiger partial charge >= 0.3 is 5.97 Å². The number of aromatic carboxylic acids is 1. The van der Waals surface area contributed by atoms with Crippen molar-refractivity contribution in [3.8, 4) is 22.6 Å². The minimum Gasteiger partial charge on any atom is -0.478 e. The molecule has 116 valence electrons. The molecular formula is C18H16N2O3. The fourth-order valence-corrected chi connectivity index (χ4v) is 2.43. The number of hydrogen-bond donors (Lipinski definition) is 1. The van der Waals surface area contributed by atoms with Crippen LogP contribution < -0.4 is 0 Å². The maximum atomic E-state index is 11.0. The van der Waals surface area contributed by atoms with Crippen LogP contribution in [-0.2, 0) is 6.42 Å².